The predicted octanol–water partition coefficient (Wildman–Crippen LogP) is 4.03. The van der Waals surface area contributed by atoms with Crippen molar-refractivity contribution in [3.63, 3.8) is 0 Å². The Morgan fingerprint density at radius 2 is 1.79 bits per heavy atom. The van der Waals surface area contributed by atoms with E-state index in [-0.39, 0.29) is 30.4 Å². The Hall–Kier alpha value is 0.313. The van der Waals surface area contributed by atoms with Crippen molar-refractivity contribution in [3.05, 3.63) is 46.2 Å². The van der Waals surface area contributed by atoms with Crippen LogP contribution in [0.25, 0.3) is 0 Å². The number of halogens is 1. The summed E-state index contributed by atoms with van der Waals surface area (Å²) >= 11 is 10.3. The van der Waals surface area contributed by atoms with Gasteiger partial charge in [-0.1, -0.05) is 23.8 Å². The Labute approximate surface area is 110 Å². The smallest absolute Gasteiger partial charge is 0.0417 e. The number of rotatable bonds is 1. The van der Waals surface area contributed by atoms with E-state index in [0.29, 0.717) is 0 Å². The van der Waals surface area contributed by atoms with E-state index in [1.807, 2.05) is 18.2 Å². The third kappa shape index (κ3) is 2.67. The zero-order valence-corrected chi connectivity index (χ0v) is 13.0. The maximum absolute atomic E-state index is 5.92. The van der Waals surface area contributed by atoms with Crippen LogP contribution in [0.5, 0.6) is 0 Å². The Balaban J connectivity index is 0.000000980. The molecule has 0 bridgehead atoms. The summed E-state index contributed by atoms with van der Waals surface area (Å²) < 4.78 is 0. The normalized spacial score (nSPS) is 15.7. The molecule has 0 saturated heterocycles. The van der Waals surface area contributed by atoms with Crippen LogP contribution >= 0.6 is 35.1 Å². The van der Waals surface area contributed by atoms with Gasteiger partial charge in [-0.25, -0.2) is 0 Å². The SMILES string of the molecule is Sc1ccc(Cl)cc1[SH]1C=CC=C1.[Zn]. The number of thiol groups is 2. The van der Waals surface area contributed by atoms with Gasteiger partial charge in [-0.05, 0) is 29.0 Å². The monoisotopic (exact) mass is 292 g/mol. The Morgan fingerprint density at radius 1 is 1.14 bits per heavy atom. The molecule has 1 aromatic rings. The maximum Gasteiger partial charge on any atom is 0.0417 e. The summed E-state index contributed by atoms with van der Waals surface area (Å²) in [5, 5.41) is 5.17. The van der Waals surface area contributed by atoms with E-state index in [1.165, 1.54) is 4.90 Å². The molecule has 0 atom stereocenters. The molecule has 0 amide bonds. The van der Waals surface area contributed by atoms with Gasteiger partial charge in [0.2, 0.25) is 0 Å². The van der Waals surface area contributed by atoms with Crippen molar-refractivity contribution >= 4 is 35.1 Å². The minimum absolute atomic E-state index is 0. The third-order valence-corrected chi connectivity index (χ3v) is 4.53. The minimum Gasteiger partial charge on any atom is -0.185 e. The molecule has 1 aromatic carbocycles. The fourth-order valence-electron chi connectivity index (χ4n) is 1.20. The van der Waals surface area contributed by atoms with Gasteiger partial charge in [-0.15, -0.1) is 12.6 Å². The molecule has 0 unspecified atom stereocenters. The van der Waals surface area contributed by atoms with E-state index < -0.39 is 0 Å². The topological polar surface area (TPSA) is 0 Å². The molecule has 1 heterocycles. The van der Waals surface area contributed by atoms with Crippen LogP contribution in [0.2, 0.25) is 5.02 Å². The van der Waals surface area contributed by atoms with Gasteiger partial charge < -0.3 is 0 Å². The second kappa shape index (κ2) is 5.41. The predicted molar refractivity (Wildman–Crippen MR) is 64.2 cm³/mol. The molecular formula is C10H9ClS2Zn. The van der Waals surface area contributed by atoms with E-state index in [9.17, 15) is 0 Å². The molecule has 14 heavy (non-hydrogen) atoms. The molecule has 0 aromatic heterocycles. The fourth-order valence-corrected chi connectivity index (χ4v) is 3.55. The zero-order valence-electron chi connectivity index (χ0n) is 7.52. The van der Waals surface area contributed by atoms with Crippen molar-refractivity contribution < 1.29 is 19.5 Å². The average molecular weight is 294 g/mol. The first-order chi connectivity index (χ1) is 6.27. The van der Waals surface area contributed by atoms with Gasteiger partial charge in [-0.2, -0.15) is 10.9 Å². The summed E-state index contributed by atoms with van der Waals surface area (Å²) in [7, 11) is -0.299. The Bertz CT molecular complexity index is 376. The molecule has 0 saturated carbocycles. The standard InChI is InChI=1S/C10H9ClS2.Zn/c11-8-3-4-9(12)10(7-8)13-5-1-2-6-13;/h1-7,12-13H;. The molecule has 0 N–H and O–H groups in total. The minimum atomic E-state index is -0.299. The Kier molecular flexibility index (Phi) is 4.79. The first-order valence-electron chi connectivity index (χ1n) is 3.89. The quantitative estimate of drug-likeness (QED) is 0.567. The molecule has 1 aliphatic heterocycles. The molecule has 0 nitrogen and oxygen atoms in total. The zero-order chi connectivity index (χ0) is 9.26. The van der Waals surface area contributed by atoms with Gasteiger partial charge >= 0.3 is 0 Å². The molecule has 0 radical (unpaired) electrons. The second-order valence-electron chi connectivity index (χ2n) is 2.72. The van der Waals surface area contributed by atoms with Crippen LogP contribution in [0.1, 0.15) is 0 Å². The van der Waals surface area contributed by atoms with Crippen molar-refractivity contribution in [1.82, 2.24) is 0 Å². The first-order valence-corrected chi connectivity index (χ1v) is 6.20. The van der Waals surface area contributed by atoms with Crippen LogP contribution in [0.15, 0.2) is 51.0 Å². The maximum atomic E-state index is 5.92. The molecule has 0 fully saturated rings. The first kappa shape index (κ1) is 12.4. The van der Waals surface area contributed by atoms with Crippen LogP contribution in [-0.2, 0) is 19.5 Å². The van der Waals surface area contributed by atoms with E-state index >= 15 is 0 Å². The van der Waals surface area contributed by atoms with Crippen LogP contribution < -0.4 is 0 Å². The largest absolute Gasteiger partial charge is 0.185 e. The second-order valence-corrected chi connectivity index (χ2v) is 5.53. The molecule has 70 valence electrons. The van der Waals surface area contributed by atoms with Crippen LogP contribution in [0.4, 0.5) is 0 Å². The number of allylic oxidation sites excluding steroid dienone is 2. The van der Waals surface area contributed by atoms with Crippen molar-refractivity contribution in [2.24, 2.45) is 0 Å². The van der Waals surface area contributed by atoms with E-state index in [0.717, 1.165) is 9.92 Å². The summed E-state index contributed by atoms with van der Waals surface area (Å²) in [6, 6.07) is 5.81. The number of hydrogen-bond donors (Lipinski definition) is 2. The van der Waals surface area contributed by atoms with Gasteiger partial charge in [0.05, 0.1) is 0 Å². The molecule has 1 aliphatic rings. The van der Waals surface area contributed by atoms with Gasteiger partial charge in [0.15, 0.2) is 0 Å². The molecule has 2 rings (SSSR count). The van der Waals surface area contributed by atoms with Gasteiger partial charge in [0.25, 0.3) is 0 Å². The third-order valence-electron chi connectivity index (χ3n) is 1.82. The fraction of sp³-hybridized carbons (Fsp3) is 0. The van der Waals surface area contributed by atoms with Crippen LogP contribution in [0.3, 0.4) is 0 Å². The summed E-state index contributed by atoms with van der Waals surface area (Å²) in [4.78, 5) is 2.25. The molecule has 4 heteroatoms. The molecular weight excluding hydrogens is 285 g/mol. The summed E-state index contributed by atoms with van der Waals surface area (Å²) in [6.45, 7) is 0. The Morgan fingerprint density at radius 3 is 2.43 bits per heavy atom. The van der Waals surface area contributed by atoms with Crippen molar-refractivity contribution in [2.45, 2.75) is 9.79 Å². The summed E-state index contributed by atoms with van der Waals surface area (Å²) in [6.07, 6.45) is 4.14. The van der Waals surface area contributed by atoms with Gasteiger partial charge in [0, 0.05) is 34.3 Å². The average Bonchev–Trinajstić information content (AvgIpc) is 2.61. The van der Waals surface area contributed by atoms with E-state index in [1.54, 1.807) is 0 Å². The van der Waals surface area contributed by atoms with Gasteiger partial charge in [0.1, 0.15) is 0 Å². The van der Waals surface area contributed by atoms with Crippen LogP contribution in [-0.4, -0.2) is 0 Å². The van der Waals surface area contributed by atoms with Crippen LogP contribution in [0, 0.1) is 0 Å². The number of hydrogen-bond acceptors (Lipinski definition) is 1. The van der Waals surface area contributed by atoms with Gasteiger partial charge in [-0.3, -0.25) is 0 Å². The molecule has 0 aliphatic carbocycles. The van der Waals surface area contributed by atoms with Crippen molar-refractivity contribution in [2.75, 3.05) is 0 Å². The summed E-state index contributed by atoms with van der Waals surface area (Å²) in [5.41, 5.74) is 0. The summed E-state index contributed by atoms with van der Waals surface area (Å²) in [5.74, 6) is 0. The van der Waals surface area contributed by atoms with Crippen molar-refractivity contribution in [3.8, 4) is 0 Å². The van der Waals surface area contributed by atoms with Crippen molar-refractivity contribution in [1.29, 1.82) is 0 Å². The van der Waals surface area contributed by atoms with E-state index in [2.05, 4.69) is 35.6 Å². The van der Waals surface area contributed by atoms with E-state index in [4.69, 9.17) is 11.6 Å². The molecule has 0 spiro atoms. The number of benzene rings is 1.